The number of hydrogen-bond donors (Lipinski definition) is 0. The minimum absolute atomic E-state index is 0.147. The molecule has 0 bridgehead atoms. The van der Waals surface area contributed by atoms with E-state index in [0.717, 1.165) is 38.8 Å². The molecule has 0 spiro atoms. The molecular formula is C113H78BN3. The van der Waals surface area contributed by atoms with Crippen LogP contribution in [0.1, 0.15) is 38.9 Å². The van der Waals surface area contributed by atoms with Crippen LogP contribution in [-0.4, -0.2) is 24.4 Å². The Morgan fingerprint density at radius 1 is 0.222 bits per heavy atom. The molecule has 0 N–H and O–H groups in total. The van der Waals surface area contributed by atoms with E-state index in [-0.39, 0.29) is 6.71 Å². The zero-order valence-corrected chi connectivity index (χ0v) is 64.8. The van der Waals surface area contributed by atoms with Gasteiger partial charge in [-0.1, -0.05) is 352 Å². The number of hydrogen-bond acceptors (Lipinski definition) is 2. The summed E-state index contributed by atoms with van der Waals surface area (Å²) in [7, 11) is 0. The van der Waals surface area contributed by atoms with E-state index in [9.17, 15) is 0 Å². The van der Waals surface area contributed by atoms with Crippen LogP contribution in [0.4, 0.5) is 22.7 Å². The molecule has 4 heteroatoms. The summed E-state index contributed by atoms with van der Waals surface area (Å²) in [5.41, 5.74) is 30.7. The van der Waals surface area contributed by atoms with E-state index in [0.29, 0.717) is 6.54 Å². The van der Waals surface area contributed by atoms with E-state index in [1.807, 2.05) is 0 Å². The van der Waals surface area contributed by atoms with E-state index in [1.165, 1.54) is 231 Å². The molecule has 0 aliphatic carbocycles. The summed E-state index contributed by atoms with van der Waals surface area (Å²) in [6, 6.07) is 148. The number of fused-ring (bicyclic) bond motifs is 11. The van der Waals surface area contributed by atoms with Gasteiger partial charge in [-0.2, -0.15) is 0 Å². The molecule has 0 amide bonds. The highest BCUT2D eigenvalue weighted by Gasteiger charge is 2.44. The third-order valence-corrected chi connectivity index (χ3v) is 26.2. The van der Waals surface area contributed by atoms with Crippen LogP contribution in [0.3, 0.4) is 0 Å². The molecule has 21 aromatic carbocycles. The minimum atomic E-state index is -0.147. The number of nitrogens with zero attached hydrogens (tertiary/aromatic N) is 3. The number of rotatable bonds is 16. The highest BCUT2D eigenvalue weighted by molar-refractivity contribution is 7.00. The SMILES string of the molecule is c1ccc(-c2cccc(-c3ccccc3)c2CCN2c3ccc(Cc4cc5cccc6c7cccc8cccc(c(c4)c56)c87)cc3B3c4cc(Cc5cc6cccc7c8cccc9cccc(c(c5)c67)c98)ccc4N(CCc4c(-c5ccccc5)cccc4-c4ccccc4)c4cc(Cn5c6ccccc6c6ccccc65)cc2c43)cc1. The van der Waals surface area contributed by atoms with E-state index >= 15 is 0 Å². The molecule has 0 atom stereocenters. The van der Waals surface area contributed by atoms with Crippen LogP contribution in [0.15, 0.2) is 388 Å². The Labute approximate surface area is 680 Å². The first kappa shape index (κ1) is 67.2. The van der Waals surface area contributed by atoms with Gasteiger partial charge in [0, 0.05) is 64.2 Å². The average molecular weight is 1490 g/mol. The third-order valence-electron chi connectivity index (χ3n) is 26.2. The lowest BCUT2D eigenvalue weighted by molar-refractivity contribution is 0.860. The minimum Gasteiger partial charge on any atom is -0.342 e. The molecule has 0 radical (unpaired) electrons. The fourth-order valence-electron chi connectivity index (χ4n) is 21.3. The van der Waals surface area contributed by atoms with Crippen molar-refractivity contribution >= 4 is 154 Å². The molecule has 0 fully saturated rings. The molecule has 22 aromatic rings. The standard InChI is InChI=1S/C113H78BN3/c1-5-25-77(26-6-1)85-41-23-42-86(78-27-7-2-8-28-78)89(85)57-59-115-105-55-53-72(61-74-63-83-37-21-47-95-93-45-17-33-81-35-19-49-97(109(81)93)99(65-74)111(83)95)67-101(105)114-102-68-73(62-75-64-84-38-22-48-96-94-46-18-34-82-36-20-50-98(110(82)94)100(66-75)112(84)96)54-56-106(102)116(60-58-90-87(79-29-9-3-10-30-79)43-24-44-88(90)80-31-11-4-12-32-80)108-70-76(69-107(115)113(108)114)71-117-103-51-15-13-39-91(103)92-40-14-16-52-104(92)117/h1-56,63-70H,57-62,71H2. The summed E-state index contributed by atoms with van der Waals surface area (Å²) < 4.78 is 2.59. The maximum Gasteiger partial charge on any atom is 0.252 e. The maximum absolute atomic E-state index is 2.78. The van der Waals surface area contributed by atoms with Gasteiger partial charge in [0.1, 0.15) is 0 Å². The topological polar surface area (TPSA) is 11.4 Å². The van der Waals surface area contributed by atoms with Crippen molar-refractivity contribution in [3.05, 3.63) is 427 Å². The molecule has 3 nitrogen and oxygen atoms in total. The first-order valence-corrected chi connectivity index (χ1v) is 41.6. The molecule has 24 rings (SSSR count). The molecule has 0 unspecified atom stereocenters. The Balaban J connectivity index is 0.749. The summed E-state index contributed by atoms with van der Waals surface area (Å²) in [4.78, 5) is 5.55. The summed E-state index contributed by atoms with van der Waals surface area (Å²) in [6.07, 6.45) is 3.09. The first-order chi connectivity index (χ1) is 58.0. The fraction of sp³-hybridized carbons (Fsp3) is 0.0619. The van der Waals surface area contributed by atoms with Crippen molar-refractivity contribution in [1.82, 2.24) is 4.57 Å². The largest absolute Gasteiger partial charge is 0.342 e. The number of para-hydroxylation sites is 2. The van der Waals surface area contributed by atoms with Gasteiger partial charge in [0.25, 0.3) is 6.71 Å². The predicted molar refractivity (Wildman–Crippen MR) is 499 cm³/mol. The van der Waals surface area contributed by atoms with Gasteiger partial charge >= 0.3 is 0 Å². The van der Waals surface area contributed by atoms with Gasteiger partial charge in [0.2, 0.25) is 0 Å². The van der Waals surface area contributed by atoms with Gasteiger partial charge in [0.05, 0.1) is 0 Å². The smallest absolute Gasteiger partial charge is 0.252 e. The molecule has 548 valence electrons. The molecular weight excluding hydrogens is 1410 g/mol. The number of benzene rings is 21. The van der Waals surface area contributed by atoms with E-state index < -0.39 is 0 Å². The van der Waals surface area contributed by atoms with Crippen molar-refractivity contribution < 1.29 is 0 Å². The van der Waals surface area contributed by atoms with Crippen LogP contribution in [0.5, 0.6) is 0 Å². The van der Waals surface area contributed by atoms with E-state index in [1.54, 1.807) is 0 Å². The van der Waals surface area contributed by atoms with Crippen LogP contribution in [0.2, 0.25) is 0 Å². The lowest BCUT2D eigenvalue weighted by Crippen LogP contribution is -2.62. The van der Waals surface area contributed by atoms with E-state index in [2.05, 4.69) is 403 Å². The van der Waals surface area contributed by atoms with Crippen molar-refractivity contribution in [1.29, 1.82) is 0 Å². The monoisotopic (exact) mass is 1490 g/mol. The van der Waals surface area contributed by atoms with Crippen LogP contribution in [0.25, 0.3) is 152 Å². The van der Waals surface area contributed by atoms with Crippen molar-refractivity contribution in [2.24, 2.45) is 0 Å². The predicted octanol–water partition coefficient (Wildman–Crippen LogP) is 26.7. The maximum atomic E-state index is 2.78. The van der Waals surface area contributed by atoms with E-state index in [4.69, 9.17) is 0 Å². The molecule has 2 aliphatic rings. The number of aromatic nitrogens is 1. The van der Waals surface area contributed by atoms with Crippen molar-refractivity contribution in [3.8, 4) is 44.5 Å². The Kier molecular flexibility index (Phi) is 15.6. The Bertz CT molecular complexity index is 7160. The van der Waals surface area contributed by atoms with Gasteiger partial charge < -0.3 is 14.4 Å². The zero-order chi connectivity index (χ0) is 76.8. The molecule has 0 saturated heterocycles. The fourth-order valence-corrected chi connectivity index (χ4v) is 21.3. The second-order valence-corrected chi connectivity index (χ2v) is 32.7. The normalized spacial score (nSPS) is 12.6. The van der Waals surface area contributed by atoms with Gasteiger partial charge in [-0.15, -0.1) is 0 Å². The highest BCUT2D eigenvalue weighted by atomic mass is 15.2. The average Bonchev–Trinajstić information content (AvgIpc) is 0.802. The summed E-state index contributed by atoms with van der Waals surface area (Å²) in [6.45, 7) is 1.97. The number of anilines is 4. The van der Waals surface area contributed by atoms with Crippen molar-refractivity contribution in [2.75, 3.05) is 22.9 Å². The Morgan fingerprint density at radius 2 is 0.547 bits per heavy atom. The highest BCUT2D eigenvalue weighted by Crippen LogP contribution is 2.47. The second kappa shape index (κ2) is 27.2. The molecule has 1 aromatic heterocycles. The zero-order valence-electron chi connectivity index (χ0n) is 64.8. The van der Waals surface area contributed by atoms with Gasteiger partial charge in [0.15, 0.2) is 0 Å². The van der Waals surface area contributed by atoms with Crippen molar-refractivity contribution in [3.63, 3.8) is 0 Å². The van der Waals surface area contributed by atoms with Crippen LogP contribution in [-0.2, 0) is 32.2 Å². The third kappa shape index (κ3) is 11.0. The van der Waals surface area contributed by atoms with Gasteiger partial charge in [-0.05, 0) is 248 Å². The van der Waals surface area contributed by atoms with Gasteiger partial charge in [-0.25, -0.2) is 0 Å². The molecule has 0 saturated carbocycles. The van der Waals surface area contributed by atoms with Gasteiger partial charge in [-0.3, -0.25) is 0 Å². The first-order valence-electron chi connectivity index (χ1n) is 41.6. The quantitative estimate of drug-likeness (QED) is 0.0543. The van der Waals surface area contributed by atoms with Crippen molar-refractivity contribution in [2.45, 2.75) is 32.2 Å². The summed E-state index contributed by atoms with van der Waals surface area (Å²) in [5.74, 6) is 0. The van der Waals surface area contributed by atoms with Crippen LogP contribution >= 0.6 is 0 Å². The second-order valence-electron chi connectivity index (χ2n) is 32.7. The Hall–Kier alpha value is -14.3. The summed E-state index contributed by atoms with van der Waals surface area (Å²) >= 11 is 0. The molecule has 2 aliphatic heterocycles. The lowest BCUT2D eigenvalue weighted by Gasteiger charge is -2.45. The lowest BCUT2D eigenvalue weighted by atomic mass is 9.33. The molecule has 117 heavy (non-hydrogen) atoms. The Morgan fingerprint density at radius 3 is 0.932 bits per heavy atom. The molecule has 3 heterocycles. The summed E-state index contributed by atoms with van der Waals surface area (Å²) in [5, 5.41) is 23.6. The van der Waals surface area contributed by atoms with Crippen LogP contribution in [0, 0.1) is 0 Å². The van der Waals surface area contributed by atoms with Crippen LogP contribution < -0.4 is 26.2 Å².